The van der Waals surface area contributed by atoms with Crippen molar-refractivity contribution >= 4 is 28.6 Å². The SMILES string of the molecule is CC(C)(F)C[C@H](N[C@@H](c1ccc(-c2ccsc2)cc1)C(F)(F)F)C(=O)NCCNc1ccc(N2CCOCC2)cc1. The van der Waals surface area contributed by atoms with Crippen LogP contribution in [0.3, 0.4) is 0 Å². The Balaban J connectivity index is 1.36. The number of morpholine rings is 1. The van der Waals surface area contributed by atoms with Gasteiger partial charge in [-0.2, -0.15) is 24.5 Å². The van der Waals surface area contributed by atoms with Gasteiger partial charge in [0.1, 0.15) is 11.7 Å². The summed E-state index contributed by atoms with van der Waals surface area (Å²) in [5, 5.41) is 12.1. The normalized spacial score (nSPS) is 15.8. The van der Waals surface area contributed by atoms with Crippen molar-refractivity contribution in [1.82, 2.24) is 10.6 Å². The van der Waals surface area contributed by atoms with Crippen LogP contribution < -0.4 is 20.9 Å². The van der Waals surface area contributed by atoms with E-state index in [1.165, 1.54) is 37.3 Å². The van der Waals surface area contributed by atoms with Crippen LogP contribution in [0.1, 0.15) is 31.9 Å². The lowest BCUT2D eigenvalue weighted by Gasteiger charge is -2.30. The zero-order chi connectivity index (χ0) is 29.5. The fraction of sp³-hybridized carbons (Fsp3) is 0.433. The molecule has 0 bridgehead atoms. The van der Waals surface area contributed by atoms with E-state index in [1.807, 2.05) is 41.1 Å². The Bertz CT molecular complexity index is 1220. The molecule has 0 radical (unpaired) electrons. The molecule has 3 N–H and O–H groups in total. The van der Waals surface area contributed by atoms with Crippen LogP contribution >= 0.6 is 11.3 Å². The topological polar surface area (TPSA) is 65.6 Å². The Morgan fingerprint density at radius 2 is 1.63 bits per heavy atom. The molecule has 0 aliphatic carbocycles. The zero-order valence-electron chi connectivity index (χ0n) is 23.1. The van der Waals surface area contributed by atoms with Crippen LogP contribution in [0.25, 0.3) is 11.1 Å². The number of carbonyl (C=O) groups is 1. The lowest BCUT2D eigenvalue weighted by Crippen LogP contribution is -2.51. The van der Waals surface area contributed by atoms with Gasteiger partial charge in [-0.25, -0.2) is 4.39 Å². The number of hydrogen-bond donors (Lipinski definition) is 3. The molecule has 0 saturated carbocycles. The summed E-state index contributed by atoms with van der Waals surface area (Å²) in [5.74, 6) is -0.690. The number of amides is 1. The summed E-state index contributed by atoms with van der Waals surface area (Å²) in [4.78, 5) is 15.2. The molecule has 3 aromatic rings. The maximum absolute atomic E-state index is 14.6. The Morgan fingerprint density at radius 1 is 0.951 bits per heavy atom. The largest absolute Gasteiger partial charge is 0.407 e. The monoisotopic (exact) mass is 592 g/mol. The summed E-state index contributed by atoms with van der Waals surface area (Å²) in [5.41, 5.74) is 1.73. The summed E-state index contributed by atoms with van der Waals surface area (Å²) < 4.78 is 62.5. The number of benzene rings is 2. The molecule has 2 heterocycles. The molecule has 0 spiro atoms. The second-order valence-electron chi connectivity index (χ2n) is 10.6. The first-order chi connectivity index (χ1) is 19.5. The molecular weight excluding hydrogens is 556 g/mol. The third-order valence-corrected chi connectivity index (χ3v) is 7.48. The number of hydrogen-bond acceptors (Lipinski definition) is 6. The van der Waals surface area contributed by atoms with Crippen molar-refractivity contribution in [2.24, 2.45) is 0 Å². The molecule has 1 aliphatic heterocycles. The molecule has 1 amide bonds. The van der Waals surface area contributed by atoms with E-state index >= 15 is 0 Å². The summed E-state index contributed by atoms with van der Waals surface area (Å²) in [6, 6.07) is 12.2. The van der Waals surface area contributed by atoms with E-state index in [2.05, 4.69) is 20.9 Å². The molecular formula is C30H36F4N4O2S. The number of rotatable bonds is 12. The Kier molecular flexibility index (Phi) is 10.3. The minimum Gasteiger partial charge on any atom is -0.383 e. The number of halogens is 4. The van der Waals surface area contributed by atoms with E-state index in [1.54, 1.807) is 12.1 Å². The van der Waals surface area contributed by atoms with Crippen molar-refractivity contribution in [3.05, 3.63) is 70.9 Å². The second kappa shape index (κ2) is 13.7. The highest BCUT2D eigenvalue weighted by Crippen LogP contribution is 2.35. The minimum absolute atomic E-state index is 0.0480. The van der Waals surface area contributed by atoms with E-state index in [0.717, 1.165) is 35.6 Å². The van der Waals surface area contributed by atoms with Crippen LogP contribution in [-0.2, 0) is 9.53 Å². The fourth-order valence-corrected chi connectivity index (χ4v) is 5.38. The molecule has 1 aromatic heterocycles. The molecule has 1 saturated heterocycles. The van der Waals surface area contributed by atoms with E-state index < -0.39 is 36.3 Å². The van der Waals surface area contributed by atoms with Crippen LogP contribution in [0, 0.1) is 0 Å². The van der Waals surface area contributed by atoms with Gasteiger partial charge in [0.2, 0.25) is 5.91 Å². The van der Waals surface area contributed by atoms with Gasteiger partial charge in [-0.1, -0.05) is 24.3 Å². The van der Waals surface area contributed by atoms with Crippen molar-refractivity contribution in [3.8, 4) is 11.1 Å². The van der Waals surface area contributed by atoms with E-state index in [9.17, 15) is 22.4 Å². The summed E-state index contributed by atoms with van der Waals surface area (Å²) in [6.07, 6.45) is -5.12. The van der Waals surface area contributed by atoms with Gasteiger partial charge in [-0.05, 0) is 71.6 Å². The van der Waals surface area contributed by atoms with E-state index in [0.29, 0.717) is 19.8 Å². The molecule has 1 fully saturated rings. The summed E-state index contributed by atoms with van der Waals surface area (Å²) in [7, 11) is 0. The Morgan fingerprint density at radius 3 is 2.22 bits per heavy atom. The minimum atomic E-state index is -4.70. The highest BCUT2D eigenvalue weighted by molar-refractivity contribution is 7.08. The summed E-state index contributed by atoms with van der Waals surface area (Å²) >= 11 is 1.50. The van der Waals surface area contributed by atoms with Crippen molar-refractivity contribution in [3.63, 3.8) is 0 Å². The first-order valence-electron chi connectivity index (χ1n) is 13.6. The molecule has 1 aliphatic rings. The van der Waals surface area contributed by atoms with Crippen molar-refractivity contribution in [1.29, 1.82) is 0 Å². The molecule has 0 unspecified atom stereocenters. The Labute approximate surface area is 242 Å². The average Bonchev–Trinajstić information content (AvgIpc) is 3.48. The van der Waals surface area contributed by atoms with Crippen molar-refractivity contribution < 1.29 is 27.1 Å². The third-order valence-electron chi connectivity index (χ3n) is 6.80. The first kappa shape index (κ1) is 30.8. The first-order valence-corrected chi connectivity index (χ1v) is 14.5. The zero-order valence-corrected chi connectivity index (χ0v) is 24.0. The van der Waals surface area contributed by atoms with Gasteiger partial charge < -0.3 is 20.3 Å². The van der Waals surface area contributed by atoms with Crippen molar-refractivity contribution in [2.75, 3.05) is 49.6 Å². The number of anilines is 2. The number of alkyl halides is 4. The van der Waals surface area contributed by atoms with Gasteiger partial charge in [-0.3, -0.25) is 10.1 Å². The lowest BCUT2D eigenvalue weighted by molar-refractivity contribution is -0.161. The number of nitrogens with one attached hydrogen (secondary N) is 3. The van der Waals surface area contributed by atoms with Gasteiger partial charge in [-0.15, -0.1) is 0 Å². The van der Waals surface area contributed by atoms with Gasteiger partial charge in [0, 0.05) is 44.0 Å². The quantitative estimate of drug-likeness (QED) is 0.173. The molecule has 2 aromatic carbocycles. The predicted molar refractivity (Wildman–Crippen MR) is 156 cm³/mol. The smallest absolute Gasteiger partial charge is 0.383 e. The number of ether oxygens (including phenoxy) is 1. The molecule has 2 atom stereocenters. The van der Waals surface area contributed by atoms with Crippen LogP contribution in [0.4, 0.5) is 28.9 Å². The van der Waals surface area contributed by atoms with E-state index in [-0.39, 0.29) is 12.1 Å². The van der Waals surface area contributed by atoms with Gasteiger partial charge in [0.25, 0.3) is 0 Å². The number of nitrogens with zero attached hydrogens (tertiary/aromatic N) is 1. The maximum atomic E-state index is 14.6. The fourth-order valence-electron chi connectivity index (χ4n) is 4.72. The number of carbonyl (C=O) groups excluding carboxylic acids is 1. The lowest BCUT2D eigenvalue weighted by atomic mass is 9.97. The molecule has 6 nitrogen and oxygen atoms in total. The summed E-state index contributed by atoms with van der Waals surface area (Å²) in [6.45, 7) is 6.05. The third kappa shape index (κ3) is 9.17. The van der Waals surface area contributed by atoms with Crippen LogP contribution in [0.5, 0.6) is 0 Å². The average molecular weight is 593 g/mol. The molecule has 11 heteroatoms. The molecule has 222 valence electrons. The highest BCUT2D eigenvalue weighted by Gasteiger charge is 2.43. The van der Waals surface area contributed by atoms with Gasteiger partial charge >= 0.3 is 6.18 Å². The molecule has 41 heavy (non-hydrogen) atoms. The Hall–Kier alpha value is -3.15. The molecule has 4 rings (SSSR count). The van der Waals surface area contributed by atoms with Gasteiger partial charge in [0.15, 0.2) is 0 Å². The maximum Gasteiger partial charge on any atom is 0.407 e. The van der Waals surface area contributed by atoms with Crippen LogP contribution in [0.15, 0.2) is 65.4 Å². The van der Waals surface area contributed by atoms with Crippen molar-refractivity contribution in [2.45, 2.75) is 44.2 Å². The van der Waals surface area contributed by atoms with Crippen LogP contribution in [0.2, 0.25) is 0 Å². The predicted octanol–water partition coefficient (Wildman–Crippen LogP) is 6.18. The number of thiophene rings is 1. The second-order valence-corrected chi connectivity index (χ2v) is 11.4. The van der Waals surface area contributed by atoms with Gasteiger partial charge in [0.05, 0.1) is 19.3 Å². The standard InChI is InChI=1S/C30H36F4N4O2S/c1-29(2,31)19-26(37-27(30(32,33)34)22-5-3-21(4-6-22)23-11-18-41-20-23)28(39)36-13-12-35-24-7-9-25(10-8-24)38-14-16-40-17-15-38/h3-11,18,20,26-27,35,37H,12-17,19H2,1-2H3,(H,36,39)/t26-,27-/m0/s1. The van der Waals surface area contributed by atoms with Crippen LogP contribution in [-0.4, -0.2) is 63.2 Å². The van der Waals surface area contributed by atoms with E-state index in [4.69, 9.17) is 4.74 Å². The highest BCUT2D eigenvalue weighted by atomic mass is 32.1.